The van der Waals surface area contributed by atoms with Crippen LogP contribution < -0.4 is 80.6 Å². The lowest BCUT2D eigenvalue weighted by atomic mass is 9.94. The molecule has 34 nitrogen and oxygen atoms in total. The smallest absolute Gasteiger partial charge is 0.408 e. The zero-order chi connectivity index (χ0) is 75.2. The number of primary amides is 1. The van der Waals surface area contributed by atoms with Gasteiger partial charge in [-0.25, -0.2) is 4.79 Å². The summed E-state index contributed by atoms with van der Waals surface area (Å²) in [6, 6.07) is -4.10. The molecule has 3 rings (SSSR count). The van der Waals surface area contributed by atoms with Crippen molar-refractivity contribution < 1.29 is 87.5 Å². The number of carbonyl (C=O) groups excluding carboxylic acids is 13. The van der Waals surface area contributed by atoms with Gasteiger partial charge in [0.2, 0.25) is 70.9 Å². The average molecular weight is 1410 g/mol. The summed E-state index contributed by atoms with van der Waals surface area (Å²) in [4.78, 5) is 186. The van der Waals surface area contributed by atoms with Crippen LogP contribution in [0.4, 0.5) is 4.79 Å². The molecule has 22 N–H and O–H groups in total. The number of carbonyl (C=O) groups is 13. The van der Waals surface area contributed by atoms with Crippen LogP contribution in [-0.4, -0.2) is 202 Å². The van der Waals surface area contributed by atoms with E-state index < -0.39 is 205 Å². The van der Waals surface area contributed by atoms with Crippen LogP contribution >= 0.6 is 0 Å². The van der Waals surface area contributed by atoms with Crippen LogP contribution in [0.2, 0.25) is 0 Å². The summed E-state index contributed by atoms with van der Waals surface area (Å²) >= 11 is 0. The maximum absolute atomic E-state index is 15.6. The van der Waals surface area contributed by atoms with Gasteiger partial charge in [-0.3, -0.25) is 62.9 Å². The monoisotopic (exact) mass is 1410 g/mol. The van der Waals surface area contributed by atoms with E-state index in [9.17, 15) is 68.4 Å². The van der Waals surface area contributed by atoms with Gasteiger partial charge in [-0.05, 0) is 79.7 Å². The van der Waals surface area contributed by atoms with Crippen molar-refractivity contribution in [3.8, 4) is 0 Å². The van der Waals surface area contributed by atoms with Crippen molar-refractivity contribution in [3.63, 3.8) is 0 Å². The van der Waals surface area contributed by atoms with E-state index in [0.29, 0.717) is 5.56 Å². The minimum Gasteiger partial charge on any atom is -0.445 e. The molecule has 0 bridgehead atoms. The van der Waals surface area contributed by atoms with Crippen LogP contribution in [-0.2, 0) is 68.9 Å². The topological polar surface area (TPSA) is 544 Å². The molecule has 1 fully saturated rings. The normalized spacial score (nSPS) is 23.3. The lowest BCUT2D eigenvalue weighted by Crippen LogP contribution is -2.65. The minimum atomic E-state index is -2.58. The van der Waals surface area contributed by atoms with Gasteiger partial charge in [0.15, 0.2) is 12.1 Å². The van der Waals surface area contributed by atoms with Crippen LogP contribution in [0.25, 0.3) is 0 Å². The van der Waals surface area contributed by atoms with Crippen molar-refractivity contribution in [3.05, 3.63) is 71.8 Å². The second kappa shape index (κ2) is 41.8. The Morgan fingerprint density at radius 3 is 1.65 bits per heavy atom. The summed E-state index contributed by atoms with van der Waals surface area (Å²) in [5.41, 5.74) is 11.5. The molecule has 2 aromatic carbocycles. The van der Waals surface area contributed by atoms with E-state index in [1.165, 1.54) is 44.2 Å². The molecule has 556 valence electrons. The second-order valence-corrected chi connectivity index (χ2v) is 26.4. The zero-order valence-electron chi connectivity index (χ0n) is 58.5. The number of guanidine groups is 1. The number of alkyl carbamates (subject to hydrolysis) is 1. The van der Waals surface area contributed by atoms with E-state index in [0.717, 1.165) is 6.92 Å². The number of hydrogen-bond acceptors (Lipinski definition) is 19. The van der Waals surface area contributed by atoms with Crippen molar-refractivity contribution in [2.75, 3.05) is 19.7 Å². The highest BCUT2D eigenvalue weighted by atomic mass is 16.5. The number of rotatable bonds is 26. The van der Waals surface area contributed by atoms with E-state index in [1.807, 2.05) is 5.32 Å². The molecule has 0 aliphatic carbocycles. The number of ether oxygens (including phenoxy) is 1. The summed E-state index contributed by atoms with van der Waals surface area (Å²) in [6.07, 6.45) is -7.30. The second-order valence-electron chi connectivity index (χ2n) is 26.4. The molecule has 1 heterocycles. The van der Waals surface area contributed by atoms with Gasteiger partial charge in [0.05, 0.1) is 31.4 Å². The van der Waals surface area contributed by atoms with E-state index in [4.69, 9.17) is 21.6 Å². The molecule has 1 aliphatic rings. The van der Waals surface area contributed by atoms with Gasteiger partial charge in [-0.15, -0.1) is 0 Å². The maximum Gasteiger partial charge on any atom is 0.408 e. The predicted octanol–water partition coefficient (Wildman–Crippen LogP) is -3.68. The van der Waals surface area contributed by atoms with E-state index in [-0.39, 0.29) is 63.2 Å². The molecule has 1 aliphatic heterocycles. The van der Waals surface area contributed by atoms with E-state index >= 15 is 14.4 Å². The van der Waals surface area contributed by atoms with Gasteiger partial charge >= 0.3 is 6.09 Å². The van der Waals surface area contributed by atoms with Crippen LogP contribution in [0.15, 0.2) is 60.7 Å². The fourth-order valence-corrected chi connectivity index (χ4v) is 10.4. The molecule has 0 spiro atoms. The largest absolute Gasteiger partial charge is 0.445 e. The third-order valence-corrected chi connectivity index (χ3v) is 16.1. The summed E-state index contributed by atoms with van der Waals surface area (Å²) < 4.78 is 5.41. The lowest BCUT2D eigenvalue weighted by molar-refractivity contribution is -0.140. The molecule has 13 amide bonds. The fourth-order valence-electron chi connectivity index (χ4n) is 10.4. The number of aliphatic hydroxyl groups is 4. The van der Waals surface area contributed by atoms with Gasteiger partial charge in [0.25, 0.3) is 0 Å². The van der Waals surface area contributed by atoms with Gasteiger partial charge in [0, 0.05) is 6.54 Å². The lowest BCUT2D eigenvalue weighted by Gasteiger charge is -2.34. The summed E-state index contributed by atoms with van der Waals surface area (Å²) in [5.74, 6) is -17.6. The Bertz CT molecular complexity index is 3110. The molecular weight excluding hydrogens is 1300 g/mol. The first-order valence-electron chi connectivity index (χ1n) is 33.3. The fraction of sp³-hybridized carbons (Fsp3) is 0.606. The van der Waals surface area contributed by atoms with Crippen molar-refractivity contribution in [1.29, 1.82) is 5.41 Å². The summed E-state index contributed by atoms with van der Waals surface area (Å²) in [7, 11) is 0. The van der Waals surface area contributed by atoms with Gasteiger partial charge in [-0.1, -0.05) is 136 Å². The number of amides is 13. The van der Waals surface area contributed by atoms with Crippen LogP contribution in [0.3, 0.4) is 0 Å². The number of benzene rings is 2. The highest BCUT2D eigenvalue weighted by molar-refractivity contribution is 6.01. The molecule has 0 aromatic heterocycles. The maximum atomic E-state index is 15.6. The van der Waals surface area contributed by atoms with Gasteiger partial charge in [0.1, 0.15) is 67.0 Å². The van der Waals surface area contributed by atoms with Crippen molar-refractivity contribution >= 4 is 82.9 Å². The summed E-state index contributed by atoms with van der Waals surface area (Å²) in [6.45, 7) is 15.1. The highest BCUT2D eigenvalue weighted by Gasteiger charge is 2.43. The number of aliphatic hydroxyl groups excluding tert-OH is 4. The third kappa shape index (κ3) is 28.0. The van der Waals surface area contributed by atoms with Crippen LogP contribution in [0.5, 0.6) is 0 Å². The number of nitrogens with one attached hydrogen (secondary N) is 14. The molecule has 15 atom stereocenters. The first kappa shape index (κ1) is 84.7. The Morgan fingerprint density at radius 1 is 0.590 bits per heavy atom. The van der Waals surface area contributed by atoms with Crippen LogP contribution in [0.1, 0.15) is 132 Å². The molecule has 2 aromatic rings. The molecule has 0 unspecified atom stereocenters. The Kier molecular flexibility index (Phi) is 35.4. The minimum absolute atomic E-state index is 0.00223. The van der Waals surface area contributed by atoms with Crippen molar-refractivity contribution in [2.45, 2.75) is 206 Å². The first-order valence-corrected chi connectivity index (χ1v) is 33.3. The predicted molar refractivity (Wildman–Crippen MR) is 363 cm³/mol. The van der Waals surface area contributed by atoms with Crippen LogP contribution in [0, 0.1) is 35.0 Å². The van der Waals surface area contributed by atoms with Gasteiger partial charge < -0.3 is 106 Å². The molecule has 1 saturated heterocycles. The average Bonchev–Trinajstić information content (AvgIpc) is 0.813. The Balaban J connectivity index is 2.41. The summed E-state index contributed by atoms with van der Waals surface area (Å²) in [5, 5.41) is 84.1. The molecule has 34 heteroatoms. The number of hydrogen-bond donors (Lipinski definition) is 20. The van der Waals surface area contributed by atoms with Crippen molar-refractivity contribution in [2.24, 2.45) is 41.1 Å². The first-order chi connectivity index (χ1) is 47.0. The molecule has 100 heavy (non-hydrogen) atoms. The zero-order valence-corrected chi connectivity index (χ0v) is 58.5. The quantitative estimate of drug-likeness (QED) is 0.0245. The van der Waals surface area contributed by atoms with E-state index in [1.54, 1.807) is 85.7 Å². The van der Waals surface area contributed by atoms with E-state index in [2.05, 4.69) is 63.8 Å². The molecule has 0 saturated carbocycles. The highest BCUT2D eigenvalue weighted by Crippen LogP contribution is 2.22. The van der Waals surface area contributed by atoms with Gasteiger partial charge in [-0.2, -0.15) is 0 Å². The Hall–Kier alpha value is -9.54. The SMILES string of the molecule is CC[C@H](C)[C@@H]1NC(=O)[C@@H](CCCNC(=N)N)NC(=O)[C@H](CC(C)C)NC(=O)[C@H]([C@H](O)C(C)C)NC(=O)[C@@H](NC(=O)[C@H](CC(C)C)NC(=O)[C@@H](CC(C)C)NC(=O)OCc2ccccc2)[C@@H](c2ccccc2)NC(=O)[C@H](CO)NC(=O)[C@H]([C@H](O)C(N)=O)NC(=O)CNC(=O)[C@H]([C@H](C)O)NC1=O. The Labute approximate surface area is 581 Å². The van der Waals surface area contributed by atoms with Crippen molar-refractivity contribution in [1.82, 2.24) is 69.1 Å². The standard InChI is InChI=1S/C66H104N16O18/c1-12-36(10)46-61(95)79-47(37(11)84)60(94)71-29-45(85)77-51(53(87)54(67)88)64(98)75-44(30-83)59(93)80-48(39-22-17-14-18-23-39)49(81-58(92)42(27-33(4)5)73-57(91)43(28-34(6)7)76-66(99)100-31-38-20-15-13-16-21-38)62(96)82-50(52(86)35(8)9)63(97)74-41(26-32(2)3)56(90)72-40(55(89)78-46)24-19-25-70-65(68)69/h13-18,20-23,32-37,40-44,46-53,83-84,86-87H,12,19,24-31H2,1-11H3,(H2,67,88)(H,71,94)(H,72,90)(H,73,91)(H,74,97)(H,75,98)(H,76,99)(H,77,85)(H,78,89)(H,79,95)(H,80,93)(H,81,92)(H,82,96)(H4,68,69,70)/t36-,37-,40+,41-,42-,43+,44-,46-,47-,48+,49-,50-,51-,52+,53-/m0/s1. The number of nitrogens with two attached hydrogens (primary N) is 2. The molecular formula is C66H104N16O18. The molecule has 0 radical (unpaired) electrons. The Morgan fingerprint density at radius 2 is 1.11 bits per heavy atom. The third-order valence-electron chi connectivity index (χ3n) is 16.1.